The van der Waals surface area contributed by atoms with Crippen LogP contribution in [0.4, 0.5) is 5.69 Å². The van der Waals surface area contributed by atoms with Gasteiger partial charge in [-0.15, -0.1) is 21.5 Å². The van der Waals surface area contributed by atoms with Gasteiger partial charge in [0.2, 0.25) is 5.91 Å². The zero-order chi connectivity index (χ0) is 22.5. The van der Waals surface area contributed by atoms with Gasteiger partial charge in [0.25, 0.3) is 0 Å². The topological polar surface area (TPSA) is 86.1 Å². The Bertz CT molecular complexity index is 1100. The number of hydrogen-bond donors (Lipinski definition) is 1. The molecule has 1 fully saturated rings. The van der Waals surface area contributed by atoms with Crippen LogP contribution in [-0.4, -0.2) is 44.9 Å². The number of Topliss-reactive ketones (excluding diaryl/α,β-unsaturated/α-hetero) is 1. The summed E-state index contributed by atoms with van der Waals surface area (Å²) in [6.07, 6.45) is 3.19. The van der Waals surface area contributed by atoms with Gasteiger partial charge in [-0.1, -0.05) is 30.8 Å². The molecule has 1 aromatic carbocycles. The van der Waals surface area contributed by atoms with Crippen molar-refractivity contribution in [3.05, 3.63) is 46.2 Å². The van der Waals surface area contributed by atoms with E-state index >= 15 is 0 Å². The van der Waals surface area contributed by atoms with E-state index in [0.29, 0.717) is 23.0 Å². The van der Waals surface area contributed by atoms with Crippen molar-refractivity contribution in [1.29, 1.82) is 0 Å². The van der Waals surface area contributed by atoms with E-state index in [1.165, 1.54) is 23.6 Å². The molecule has 1 saturated heterocycles. The van der Waals surface area contributed by atoms with E-state index in [-0.39, 0.29) is 23.5 Å². The van der Waals surface area contributed by atoms with Gasteiger partial charge in [-0.3, -0.25) is 14.2 Å². The number of thioether (sulfide) groups is 1. The summed E-state index contributed by atoms with van der Waals surface area (Å²) in [6.45, 7) is 5.10. The number of nitrogens with zero attached hydrogens (tertiary/aromatic N) is 3. The standard InChI is InChI=1S/C23H26N4O3S2/c1-3-20-11-17(13-31-20)22-25-26-23(27(22)12-19-8-5-9-30-19)32-14-21(29)24-18-7-4-6-16(10-18)15(2)28/h4,6-7,10-11,13,19H,3,5,8-9,12,14H2,1-2H3,(H,24,29). The summed E-state index contributed by atoms with van der Waals surface area (Å²) in [5.74, 6) is 0.809. The number of thiophene rings is 1. The number of aryl methyl sites for hydroxylation is 1. The highest BCUT2D eigenvalue weighted by atomic mass is 32.2. The van der Waals surface area contributed by atoms with Gasteiger partial charge in [0.15, 0.2) is 16.8 Å². The first kappa shape index (κ1) is 22.7. The highest BCUT2D eigenvalue weighted by Crippen LogP contribution is 2.29. The van der Waals surface area contributed by atoms with Crippen molar-refractivity contribution in [2.45, 2.75) is 50.9 Å². The highest BCUT2D eigenvalue weighted by Gasteiger charge is 2.22. The number of ketones is 1. The molecule has 9 heteroatoms. The molecule has 1 aliphatic heterocycles. The van der Waals surface area contributed by atoms with Gasteiger partial charge in [0.1, 0.15) is 0 Å². The summed E-state index contributed by atoms with van der Waals surface area (Å²) < 4.78 is 7.92. The normalized spacial score (nSPS) is 15.8. The maximum absolute atomic E-state index is 12.5. The first-order valence-corrected chi connectivity index (χ1v) is 12.6. The summed E-state index contributed by atoms with van der Waals surface area (Å²) in [5, 5.41) is 14.5. The van der Waals surface area contributed by atoms with Crippen LogP contribution in [0, 0.1) is 0 Å². The van der Waals surface area contributed by atoms with Crippen LogP contribution in [0.5, 0.6) is 0 Å². The van der Waals surface area contributed by atoms with Crippen LogP contribution in [0.3, 0.4) is 0 Å². The molecular formula is C23H26N4O3S2. The Balaban J connectivity index is 1.48. The van der Waals surface area contributed by atoms with Crippen molar-refractivity contribution in [3.8, 4) is 11.4 Å². The van der Waals surface area contributed by atoms with Crippen LogP contribution >= 0.6 is 23.1 Å². The van der Waals surface area contributed by atoms with Crippen molar-refractivity contribution in [1.82, 2.24) is 14.8 Å². The molecule has 0 saturated carbocycles. The van der Waals surface area contributed by atoms with Crippen molar-refractivity contribution < 1.29 is 14.3 Å². The number of aromatic nitrogens is 3. The molecule has 0 aliphatic carbocycles. The van der Waals surface area contributed by atoms with Crippen LogP contribution in [-0.2, 0) is 22.5 Å². The number of ether oxygens (including phenoxy) is 1. The second-order valence-corrected chi connectivity index (χ2v) is 9.62. The van der Waals surface area contributed by atoms with Gasteiger partial charge in [-0.05, 0) is 44.4 Å². The largest absolute Gasteiger partial charge is 0.376 e. The lowest BCUT2D eigenvalue weighted by molar-refractivity contribution is -0.113. The van der Waals surface area contributed by atoms with Crippen LogP contribution in [0.15, 0.2) is 40.9 Å². The monoisotopic (exact) mass is 470 g/mol. The predicted molar refractivity (Wildman–Crippen MR) is 127 cm³/mol. The Morgan fingerprint density at radius 1 is 1.31 bits per heavy atom. The molecule has 3 aromatic rings. The number of benzene rings is 1. The van der Waals surface area contributed by atoms with E-state index in [0.717, 1.165) is 37.3 Å². The average Bonchev–Trinajstić information content (AvgIpc) is 3.54. The molecule has 0 spiro atoms. The third-order valence-electron chi connectivity index (χ3n) is 5.27. The molecule has 2 aromatic heterocycles. The fraction of sp³-hybridized carbons (Fsp3) is 0.391. The van der Waals surface area contributed by atoms with E-state index in [4.69, 9.17) is 4.74 Å². The summed E-state index contributed by atoms with van der Waals surface area (Å²) in [7, 11) is 0. The lowest BCUT2D eigenvalue weighted by Gasteiger charge is -2.14. The first-order valence-electron chi connectivity index (χ1n) is 10.7. The molecule has 3 heterocycles. The SMILES string of the molecule is CCc1cc(-c2nnc(SCC(=O)Nc3cccc(C(C)=O)c3)n2CC2CCCO2)cs1. The number of rotatable bonds is 9. The predicted octanol–water partition coefficient (Wildman–Crippen LogP) is 4.68. The number of anilines is 1. The Hall–Kier alpha value is -2.49. The first-order chi connectivity index (χ1) is 15.5. The maximum Gasteiger partial charge on any atom is 0.234 e. The van der Waals surface area contributed by atoms with Gasteiger partial charge >= 0.3 is 0 Å². The van der Waals surface area contributed by atoms with Crippen molar-refractivity contribution in [3.63, 3.8) is 0 Å². The van der Waals surface area contributed by atoms with Crippen molar-refractivity contribution in [2.75, 3.05) is 17.7 Å². The van der Waals surface area contributed by atoms with Gasteiger partial charge in [-0.25, -0.2) is 0 Å². The van der Waals surface area contributed by atoms with E-state index < -0.39 is 0 Å². The van der Waals surface area contributed by atoms with Gasteiger partial charge in [-0.2, -0.15) is 0 Å². The molecule has 168 valence electrons. The molecule has 1 atom stereocenters. The van der Waals surface area contributed by atoms with Crippen LogP contribution in [0.1, 0.15) is 41.9 Å². The van der Waals surface area contributed by atoms with Crippen LogP contribution < -0.4 is 5.32 Å². The minimum absolute atomic E-state index is 0.0371. The zero-order valence-corrected chi connectivity index (χ0v) is 19.8. The molecule has 7 nitrogen and oxygen atoms in total. The molecule has 1 unspecified atom stereocenters. The van der Waals surface area contributed by atoms with Gasteiger partial charge in [0.05, 0.1) is 18.4 Å². The summed E-state index contributed by atoms with van der Waals surface area (Å²) >= 11 is 3.07. The van der Waals surface area contributed by atoms with Gasteiger partial charge in [0, 0.05) is 33.7 Å². The molecule has 0 bridgehead atoms. The fourth-order valence-electron chi connectivity index (χ4n) is 3.59. The molecule has 1 amide bonds. The third-order valence-corrected chi connectivity index (χ3v) is 7.32. The number of amides is 1. The van der Waals surface area contributed by atoms with Crippen LogP contribution in [0.25, 0.3) is 11.4 Å². The zero-order valence-electron chi connectivity index (χ0n) is 18.2. The van der Waals surface area contributed by atoms with E-state index in [1.807, 2.05) is 0 Å². The molecule has 0 radical (unpaired) electrons. The second-order valence-electron chi connectivity index (χ2n) is 7.68. The quantitative estimate of drug-likeness (QED) is 0.361. The number of carbonyl (C=O) groups is 2. The van der Waals surface area contributed by atoms with E-state index in [1.54, 1.807) is 35.6 Å². The molecule has 1 aliphatic rings. The second kappa shape index (κ2) is 10.4. The number of hydrogen-bond acceptors (Lipinski definition) is 7. The smallest absolute Gasteiger partial charge is 0.234 e. The molecule has 4 rings (SSSR count). The van der Waals surface area contributed by atoms with Crippen molar-refractivity contribution in [2.24, 2.45) is 0 Å². The molecule has 32 heavy (non-hydrogen) atoms. The third kappa shape index (κ3) is 5.46. The Morgan fingerprint density at radius 3 is 2.91 bits per heavy atom. The molecule has 1 N–H and O–H groups in total. The Morgan fingerprint density at radius 2 is 2.19 bits per heavy atom. The van der Waals surface area contributed by atoms with Gasteiger partial charge < -0.3 is 10.1 Å². The average molecular weight is 471 g/mol. The summed E-state index contributed by atoms with van der Waals surface area (Å²) in [6, 6.07) is 9.11. The number of nitrogens with one attached hydrogen (secondary N) is 1. The minimum atomic E-state index is -0.160. The Kier molecular flexibility index (Phi) is 7.39. The van der Waals surface area contributed by atoms with E-state index in [9.17, 15) is 9.59 Å². The highest BCUT2D eigenvalue weighted by molar-refractivity contribution is 7.99. The summed E-state index contributed by atoms with van der Waals surface area (Å²) in [4.78, 5) is 25.4. The van der Waals surface area contributed by atoms with Crippen molar-refractivity contribution >= 4 is 40.5 Å². The number of carbonyl (C=O) groups excluding carboxylic acids is 2. The summed E-state index contributed by atoms with van der Waals surface area (Å²) in [5.41, 5.74) is 2.23. The fourth-order valence-corrected chi connectivity index (χ4v) is 5.15. The maximum atomic E-state index is 12.5. The van der Waals surface area contributed by atoms with E-state index in [2.05, 4.69) is 38.5 Å². The minimum Gasteiger partial charge on any atom is -0.376 e. The van der Waals surface area contributed by atoms with Crippen LogP contribution in [0.2, 0.25) is 0 Å². The molecular weight excluding hydrogens is 444 g/mol. The lowest BCUT2D eigenvalue weighted by atomic mass is 10.1. The Labute approximate surface area is 195 Å². The lowest BCUT2D eigenvalue weighted by Crippen LogP contribution is -2.18.